The predicted molar refractivity (Wildman–Crippen MR) is 69.0 cm³/mol. The van der Waals surface area contributed by atoms with Gasteiger partial charge >= 0.3 is 0 Å². The van der Waals surface area contributed by atoms with Crippen LogP contribution in [0.4, 0.5) is 0 Å². The van der Waals surface area contributed by atoms with Gasteiger partial charge in [0.05, 0.1) is 12.3 Å². The van der Waals surface area contributed by atoms with Gasteiger partial charge in [-0.15, -0.1) is 0 Å². The van der Waals surface area contributed by atoms with Gasteiger partial charge in [-0.25, -0.2) is 0 Å². The third-order valence-corrected chi connectivity index (χ3v) is 2.77. The molecule has 0 fully saturated rings. The molecule has 0 atom stereocenters. The molecule has 0 saturated carbocycles. The van der Waals surface area contributed by atoms with Gasteiger partial charge in [-0.2, -0.15) is 10.2 Å². The molecule has 0 amide bonds. The van der Waals surface area contributed by atoms with Crippen molar-refractivity contribution in [3.63, 3.8) is 0 Å². The smallest absolute Gasteiger partial charge is 0.115 e. The molecule has 2 rings (SSSR count). The first-order chi connectivity index (χ1) is 8.72. The maximum Gasteiger partial charge on any atom is 0.115 e. The Morgan fingerprint density at radius 3 is 2.89 bits per heavy atom. The minimum absolute atomic E-state index is 0.710. The number of aromatic nitrogens is 4. The Morgan fingerprint density at radius 2 is 2.22 bits per heavy atom. The van der Waals surface area contributed by atoms with E-state index in [-0.39, 0.29) is 0 Å². The van der Waals surface area contributed by atoms with E-state index in [1.165, 1.54) is 0 Å². The fraction of sp³-hybridized carbons (Fsp3) is 0.500. The minimum atomic E-state index is 0.710. The molecule has 18 heavy (non-hydrogen) atoms. The maximum absolute atomic E-state index is 5.01. The molecule has 6 heteroatoms. The van der Waals surface area contributed by atoms with Gasteiger partial charge in [0.15, 0.2) is 0 Å². The second kappa shape index (κ2) is 5.79. The lowest BCUT2D eigenvalue weighted by atomic mass is 10.2. The van der Waals surface area contributed by atoms with Gasteiger partial charge in [-0.05, 0) is 6.07 Å². The van der Waals surface area contributed by atoms with Crippen molar-refractivity contribution in [2.75, 3.05) is 20.3 Å². The third-order valence-electron chi connectivity index (χ3n) is 2.77. The van der Waals surface area contributed by atoms with Crippen molar-refractivity contribution in [1.29, 1.82) is 0 Å². The second-order valence-corrected chi connectivity index (χ2v) is 4.19. The Labute approximate surface area is 107 Å². The van der Waals surface area contributed by atoms with Crippen LogP contribution in [0.25, 0.3) is 11.4 Å². The molecular weight excluding hydrogens is 230 g/mol. The minimum Gasteiger partial charge on any atom is -0.383 e. The fourth-order valence-corrected chi connectivity index (χ4v) is 1.89. The average Bonchev–Trinajstić information content (AvgIpc) is 2.91. The van der Waals surface area contributed by atoms with E-state index >= 15 is 0 Å². The van der Waals surface area contributed by atoms with E-state index in [1.54, 1.807) is 13.3 Å². The summed E-state index contributed by atoms with van der Waals surface area (Å²) in [6.07, 6.45) is 3.81. The first-order valence-corrected chi connectivity index (χ1v) is 5.93. The van der Waals surface area contributed by atoms with E-state index in [0.717, 1.165) is 30.0 Å². The number of rotatable bonds is 6. The van der Waals surface area contributed by atoms with E-state index in [4.69, 9.17) is 4.74 Å². The monoisotopic (exact) mass is 249 g/mol. The number of aryl methyl sites for hydroxylation is 2. The molecule has 0 aliphatic heterocycles. The van der Waals surface area contributed by atoms with Gasteiger partial charge in [0.2, 0.25) is 0 Å². The van der Waals surface area contributed by atoms with E-state index in [0.29, 0.717) is 6.61 Å². The van der Waals surface area contributed by atoms with Crippen LogP contribution >= 0.6 is 0 Å². The summed E-state index contributed by atoms with van der Waals surface area (Å²) < 4.78 is 8.67. The number of hydrogen-bond acceptors (Lipinski definition) is 4. The molecule has 2 heterocycles. The number of hydrogen-bond donors (Lipinski definition) is 1. The zero-order valence-electron chi connectivity index (χ0n) is 11.1. The summed E-state index contributed by atoms with van der Waals surface area (Å²) in [6, 6.07) is 1.97. The van der Waals surface area contributed by atoms with Crippen molar-refractivity contribution in [2.24, 2.45) is 14.1 Å². The maximum atomic E-state index is 5.01. The van der Waals surface area contributed by atoms with Gasteiger partial charge in [-0.1, -0.05) is 0 Å². The van der Waals surface area contributed by atoms with Gasteiger partial charge in [0.1, 0.15) is 5.69 Å². The van der Waals surface area contributed by atoms with Gasteiger partial charge in [0.25, 0.3) is 0 Å². The summed E-state index contributed by atoms with van der Waals surface area (Å²) >= 11 is 0. The van der Waals surface area contributed by atoms with Crippen molar-refractivity contribution >= 4 is 0 Å². The molecule has 0 saturated heterocycles. The van der Waals surface area contributed by atoms with Crippen LogP contribution in [0.1, 0.15) is 5.56 Å². The second-order valence-electron chi connectivity index (χ2n) is 4.19. The Balaban J connectivity index is 2.13. The van der Waals surface area contributed by atoms with Crippen molar-refractivity contribution in [2.45, 2.75) is 6.54 Å². The van der Waals surface area contributed by atoms with Crippen LogP contribution in [0.15, 0.2) is 18.5 Å². The Hall–Kier alpha value is -1.66. The van der Waals surface area contributed by atoms with E-state index in [2.05, 4.69) is 15.5 Å². The van der Waals surface area contributed by atoms with Crippen molar-refractivity contribution in [3.05, 3.63) is 24.0 Å². The third kappa shape index (κ3) is 2.77. The Morgan fingerprint density at radius 1 is 1.39 bits per heavy atom. The molecule has 0 aliphatic rings. The summed E-state index contributed by atoms with van der Waals surface area (Å²) in [5, 5.41) is 12.0. The van der Waals surface area contributed by atoms with Gasteiger partial charge in [-0.3, -0.25) is 9.36 Å². The molecule has 98 valence electrons. The highest BCUT2D eigenvalue weighted by molar-refractivity contribution is 5.58. The first-order valence-electron chi connectivity index (χ1n) is 5.93. The summed E-state index contributed by atoms with van der Waals surface area (Å²) in [6.45, 7) is 2.31. The summed E-state index contributed by atoms with van der Waals surface area (Å²) in [4.78, 5) is 0. The van der Waals surface area contributed by atoms with E-state index in [1.807, 2.05) is 35.7 Å². The SMILES string of the molecule is COCCNCc1cn(C)nc1-c1ccnn1C. The topological polar surface area (TPSA) is 56.9 Å². The van der Waals surface area contributed by atoms with Crippen molar-refractivity contribution in [3.8, 4) is 11.4 Å². The van der Waals surface area contributed by atoms with Crippen LogP contribution in [0, 0.1) is 0 Å². The van der Waals surface area contributed by atoms with Crippen LogP contribution < -0.4 is 5.32 Å². The zero-order valence-corrected chi connectivity index (χ0v) is 11.1. The van der Waals surface area contributed by atoms with Crippen LogP contribution in [0.2, 0.25) is 0 Å². The van der Waals surface area contributed by atoms with Crippen LogP contribution in [0.5, 0.6) is 0 Å². The quantitative estimate of drug-likeness (QED) is 0.760. The zero-order chi connectivity index (χ0) is 13.0. The molecule has 6 nitrogen and oxygen atoms in total. The number of nitrogens with one attached hydrogen (secondary N) is 1. The highest BCUT2D eigenvalue weighted by atomic mass is 16.5. The summed E-state index contributed by atoms with van der Waals surface area (Å²) in [5.41, 5.74) is 3.17. The predicted octanol–water partition coefficient (Wildman–Crippen LogP) is 0.557. The number of nitrogens with zero attached hydrogens (tertiary/aromatic N) is 4. The summed E-state index contributed by atoms with van der Waals surface area (Å²) in [5.74, 6) is 0. The lowest BCUT2D eigenvalue weighted by molar-refractivity contribution is 0.199. The largest absolute Gasteiger partial charge is 0.383 e. The normalized spacial score (nSPS) is 11.1. The first kappa shape index (κ1) is 12.8. The van der Waals surface area contributed by atoms with Crippen LogP contribution in [0.3, 0.4) is 0 Å². The van der Waals surface area contributed by atoms with Crippen molar-refractivity contribution < 1.29 is 4.74 Å². The van der Waals surface area contributed by atoms with Crippen LogP contribution in [-0.2, 0) is 25.4 Å². The van der Waals surface area contributed by atoms with E-state index < -0.39 is 0 Å². The number of ether oxygens (including phenoxy) is 1. The molecule has 0 aliphatic carbocycles. The average molecular weight is 249 g/mol. The Bertz CT molecular complexity index is 502. The lowest BCUT2D eigenvalue weighted by Crippen LogP contribution is -2.18. The molecule has 0 bridgehead atoms. The van der Waals surface area contributed by atoms with Crippen LogP contribution in [-0.4, -0.2) is 39.8 Å². The van der Waals surface area contributed by atoms with Gasteiger partial charge < -0.3 is 10.1 Å². The molecule has 2 aromatic rings. The number of methoxy groups -OCH3 is 1. The van der Waals surface area contributed by atoms with E-state index in [9.17, 15) is 0 Å². The standard InChI is InChI=1S/C12H19N5O/c1-16-9-10(8-13-6-7-18-3)12(15-16)11-4-5-14-17(11)2/h4-5,9,13H,6-8H2,1-3H3. The fourth-order valence-electron chi connectivity index (χ4n) is 1.89. The highest BCUT2D eigenvalue weighted by Crippen LogP contribution is 2.20. The molecule has 0 aromatic carbocycles. The molecule has 0 radical (unpaired) electrons. The molecular formula is C12H19N5O. The van der Waals surface area contributed by atoms with Gasteiger partial charge in [0, 0.05) is 52.3 Å². The molecule has 0 unspecified atom stereocenters. The van der Waals surface area contributed by atoms with Crippen molar-refractivity contribution in [1.82, 2.24) is 24.9 Å². The molecule has 2 aromatic heterocycles. The highest BCUT2D eigenvalue weighted by Gasteiger charge is 2.12. The molecule has 1 N–H and O–H groups in total. The summed E-state index contributed by atoms with van der Waals surface area (Å²) in [7, 11) is 5.55. The Kier molecular flexibility index (Phi) is 4.11. The lowest BCUT2D eigenvalue weighted by Gasteiger charge is -2.04. The molecule has 0 spiro atoms.